The third kappa shape index (κ3) is 1.20. The Bertz CT molecular complexity index is 175. The van der Waals surface area contributed by atoms with Crippen molar-refractivity contribution >= 4 is 0 Å². The van der Waals surface area contributed by atoms with E-state index in [1.54, 1.807) is 11.1 Å². The van der Waals surface area contributed by atoms with E-state index in [1.807, 2.05) is 0 Å². The van der Waals surface area contributed by atoms with Crippen molar-refractivity contribution < 1.29 is 20.4 Å². The van der Waals surface area contributed by atoms with E-state index in [2.05, 4.69) is 41.2 Å². The Hall–Kier alpha value is 0.194. The van der Waals surface area contributed by atoms with Crippen molar-refractivity contribution in [1.29, 1.82) is 0 Å². The molecule has 0 N–H and O–H groups in total. The number of allylic oxidation sites excluding steroid dienone is 4. The van der Waals surface area contributed by atoms with E-state index < -0.39 is 0 Å². The second-order valence-corrected chi connectivity index (χ2v) is 3.52. The Morgan fingerprint density at radius 1 is 1.11 bits per heavy atom. The van der Waals surface area contributed by atoms with Crippen LogP contribution in [-0.4, -0.2) is 0 Å². The second-order valence-electron chi connectivity index (χ2n) is 2.74. The molecule has 47 valence electrons. The van der Waals surface area contributed by atoms with Crippen LogP contribution in [0.4, 0.5) is 0 Å². The van der Waals surface area contributed by atoms with Crippen LogP contribution in [0.1, 0.15) is 27.2 Å². The van der Waals surface area contributed by atoms with E-state index in [-0.39, 0.29) is 0 Å². The minimum atomic E-state index is 1.21. The standard InChI is InChI=1S/C8H11.Ti/c1-6-4-7(2)8(3)5-6;/h4H2,1-3H3;. The van der Waals surface area contributed by atoms with Crippen LogP contribution in [0.3, 0.4) is 0 Å². The van der Waals surface area contributed by atoms with E-state index in [4.69, 9.17) is 0 Å². The summed E-state index contributed by atoms with van der Waals surface area (Å²) in [7, 11) is 0. The maximum absolute atomic E-state index is 2.22. The zero-order valence-electron chi connectivity index (χ0n) is 6.21. The normalized spacial score (nSPS) is 19.8. The van der Waals surface area contributed by atoms with Gasteiger partial charge in [0.1, 0.15) is 0 Å². The molecule has 0 nitrogen and oxygen atoms in total. The van der Waals surface area contributed by atoms with Crippen LogP contribution in [0.25, 0.3) is 0 Å². The van der Waals surface area contributed by atoms with Gasteiger partial charge in [-0.2, -0.15) is 0 Å². The van der Waals surface area contributed by atoms with Crippen molar-refractivity contribution in [3.63, 3.8) is 0 Å². The monoisotopic (exact) mass is 155 g/mol. The number of rotatable bonds is 0. The van der Waals surface area contributed by atoms with Crippen molar-refractivity contribution in [1.82, 2.24) is 0 Å². The van der Waals surface area contributed by atoms with Gasteiger partial charge in [0.25, 0.3) is 0 Å². The molecule has 0 saturated carbocycles. The summed E-state index contributed by atoms with van der Waals surface area (Å²) < 4.78 is 1.51. The Kier molecular flexibility index (Phi) is 1.98. The Morgan fingerprint density at radius 2 is 1.67 bits per heavy atom. The van der Waals surface area contributed by atoms with Gasteiger partial charge in [-0.25, -0.2) is 0 Å². The molecule has 0 spiro atoms. The number of hydrogen-bond acceptors (Lipinski definition) is 0. The molecule has 1 rings (SSSR count). The van der Waals surface area contributed by atoms with E-state index in [0.717, 1.165) is 0 Å². The summed E-state index contributed by atoms with van der Waals surface area (Å²) in [5.41, 5.74) is 4.60. The van der Waals surface area contributed by atoms with Crippen molar-refractivity contribution in [2.45, 2.75) is 27.2 Å². The molecule has 0 aromatic rings. The Morgan fingerprint density at radius 3 is 1.78 bits per heavy atom. The van der Waals surface area contributed by atoms with Crippen LogP contribution in [0.5, 0.6) is 0 Å². The molecule has 9 heavy (non-hydrogen) atoms. The quantitative estimate of drug-likeness (QED) is 0.471. The first kappa shape index (κ1) is 7.30. The van der Waals surface area contributed by atoms with E-state index in [1.165, 1.54) is 15.9 Å². The van der Waals surface area contributed by atoms with Gasteiger partial charge in [0.05, 0.1) is 0 Å². The van der Waals surface area contributed by atoms with Crippen molar-refractivity contribution in [2.75, 3.05) is 0 Å². The van der Waals surface area contributed by atoms with Crippen molar-refractivity contribution in [2.24, 2.45) is 0 Å². The third-order valence-electron chi connectivity index (χ3n) is 1.97. The van der Waals surface area contributed by atoms with Crippen molar-refractivity contribution in [3.05, 3.63) is 20.6 Å². The molecule has 0 atom stereocenters. The van der Waals surface area contributed by atoms with Gasteiger partial charge in [-0.3, -0.25) is 0 Å². The molecule has 0 aromatic heterocycles. The van der Waals surface area contributed by atoms with Gasteiger partial charge in [-0.15, -0.1) is 0 Å². The fourth-order valence-corrected chi connectivity index (χ4v) is 1.62. The summed E-state index contributed by atoms with van der Waals surface area (Å²) in [5, 5.41) is 0. The molecule has 0 saturated heterocycles. The molecule has 0 aromatic carbocycles. The summed E-state index contributed by atoms with van der Waals surface area (Å²) in [6.07, 6.45) is 1.21. The van der Waals surface area contributed by atoms with Crippen LogP contribution < -0.4 is 0 Å². The van der Waals surface area contributed by atoms with Gasteiger partial charge >= 0.3 is 68.2 Å². The predicted octanol–water partition coefficient (Wildman–Crippen LogP) is 2.55. The topological polar surface area (TPSA) is 0 Å². The molecular formula is C8H11Ti. The number of hydrogen-bond donors (Lipinski definition) is 0. The molecule has 1 aliphatic carbocycles. The minimum absolute atomic E-state index is 1.21. The zero-order chi connectivity index (χ0) is 7.02. The first-order valence-electron chi connectivity index (χ1n) is 3.21. The van der Waals surface area contributed by atoms with Crippen LogP contribution in [0, 0.1) is 0 Å². The average Bonchev–Trinajstić information content (AvgIpc) is 1.98. The van der Waals surface area contributed by atoms with Crippen molar-refractivity contribution in [3.8, 4) is 0 Å². The van der Waals surface area contributed by atoms with E-state index in [9.17, 15) is 0 Å². The van der Waals surface area contributed by atoms with Gasteiger partial charge < -0.3 is 0 Å². The maximum atomic E-state index is 2.22. The molecule has 1 aliphatic rings. The molecule has 0 radical (unpaired) electrons. The van der Waals surface area contributed by atoms with Gasteiger partial charge in [0, 0.05) is 0 Å². The molecular weight excluding hydrogens is 144 g/mol. The Balaban J connectivity index is 2.97. The predicted molar refractivity (Wildman–Crippen MR) is 35.7 cm³/mol. The Labute approximate surface area is 68.4 Å². The average molecular weight is 155 g/mol. The molecule has 0 fully saturated rings. The molecule has 0 unspecified atom stereocenters. The summed E-state index contributed by atoms with van der Waals surface area (Å²) in [4.78, 5) is 0. The molecule has 1 heteroatoms. The molecule has 0 aliphatic heterocycles. The summed E-state index contributed by atoms with van der Waals surface area (Å²) >= 11 is 2.21. The first-order chi connectivity index (χ1) is 4.13. The van der Waals surface area contributed by atoms with Crippen LogP contribution in [0.2, 0.25) is 0 Å². The molecule has 0 bridgehead atoms. The van der Waals surface area contributed by atoms with E-state index in [0.29, 0.717) is 0 Å². The summed E-state index contributed by atoms with van der Waals surface area (Å²) in [6.45, 7) is 6.64. The van der Waals surface area contributed by atoms with Crippen LogP contribution >= 0.6 is 0 Å². The molecule has 0 amide bonds. The third-order valence-corrected chi connectivity index (χ3v) is 3.22. The van der Waals surface area contributed by atoms with Gasteiger partial charge in [-0.1, -0.05) is 0 Å². The second kappa shape index (κ2) is 2.44. The van der Waals surface area contributed by atoms with Gasteiger partial charge in [-0.05, 0) is 0 Å². The SMILES string of the molecule is CC1=C(C)[C]([Ti])=C(C)C1. The fraction of sp³-hybridized carbons (Fsp3) is 0.500. The van der Waals surface area contributed by atoms with Crippen LogP contribution in [-0.2, 0) is 20.4 Å². The van der Waals surface area contributed by atoms with E-state index >= 15 is 0 Å². The summed E-state index contributed by atoms with van der Waals surface area (Å²) in [5.74, 6) is 0. The van der Waals surface area contributed by atoms with Gasteiger partial charge in [0.15, 0.2) is 0 Å². The first-order valence-corrected chi connectivity index (χ1v) is 3.99. The van der Waals surface area contributed by atoms with Gasteiger partial charge in [0.2, 0.25) is 0 Å². The fourth-order valence-electron chi connectivity index (χ4n) is 1.15. The van der Waals surface area contributed by atoms with Crippen LogP contribution in [0.15, 0.2) is 20.6 Å². The molecule has 0 heterocycles. The zero-order valence-corrected chi connectivity index (χ0v) is 7.77. The summed E-state index contributed by atoms with van der Waals surface area (Å²) in [6, 6.07) is 0.